The van der Waals surface area contributed by atoms with Crippen molar-refractivity contribution in [2.45, 2.75) is 19.4 Å². The number of benzene rings is 1. The molecule has 1 heterocycles. The fourth-order valence-electron chi connectivity index (χ4n) is 1.70. The number of fused-ring (bicyclic) bond motifs is 1. The van der Waals surface area contributed by atoms with Crippen LogP contribution in [0.15, 0.2) is 16.6 Å². The van der Waals surface area contributed by atoms with Gasteiger partial charge in [0.15, 0.2) is 0 Å². The first kappa shape index (κ1) is 9.03. The Morgan fingerprint density at radius 3 is 3.08 bits per heavy atom. The molecule has 0 saturated heterocycles. The van der Waals surface area contributed by atoms with Crippen LogP contribution in [0.25, 0.3) is 0 Å². The van der Waals surface area contributed by atoms with Crippen molar-refractivity contribution in [3.63, 3.8) is 0 Å². The molecule has 0 amide bonds. The van der Waals surface area contributed by atoms with Gasteiger partial charge in [-0.3, -0.25) is 0 Å². The zero-order valence-corrected chi connectivity index (χ0v) is 9.10. The minimum atomic E-state index is 0.126. The van der Waals surface area contributed by atoms with E-state index in [1.165, 1.54) is 5.56 Å². The highest BCUT2D eigenvalue weighted by Gasteiger charge is 2.20. The number of rotatable bonds is 0. The lowest BCUT2D eigenvalue weighted by molar-refractivity contribution is 0.268. The average Bonchev–Trinajstić information content (AvgIpc) is 2.12. The highest BCUT2D eigenvalue weighted by molar-refractivity contribution is 9.10. The van der Waals surface area contributed by atoms with Crippen LogP contribution in [0.1, 0.15) is 23.6 Å². The number of halogens is 1. The van der Waals surface area contributed by atoms with E-state index in [0.29, 0.717) is 0 Å². The van der Waals surface area contributed by atoms with Crippen molar-refractivity contribution in [2.75, 3.05) is 6.61 Å². The Morgan fingerprint density at radius 1 is 1.54 bits per heavy atom. The predicted molar refractivity (Wildman–Crippen MR) is 55.9 cm³/mol. The molecule has 1 aliphatic heterocycles. The molecule has 0 aromatic heterocycles. The van der Waals surface area contributed by atoms with E-state index in [9.17, 15) is 0 Å². The summed E-state index contributed by atoms with van der Waals surface area (Å²) in [6.07, 6.45) is 0.907. The first-order valence-corrected chi connectivity index (χ1v) is 5.17. The van der Waals surface area contributed by atoms with Crippen LogP contribution in [-0.4, -0.2) is 6.61 Å². The van der Waals surface area contributed by atoms with Gasteiger partial charge in [0.1, 0.15) is 5.75 Å². The second-order valence-electron chi connectivity index (χ2n) is 3.33. The summed E-state index contributed by atoms with van der Waals surface area (Å²) in [7, 11) is 0. The van der Waals surface area contributed by atoms with E-state index in [0.717, 1.165) is 28.8 Å². The number of hydrogen-bond donors (Lipinski definition) is 1. The van der Waals surface area contributed by atoms with Crippen molar-refractivity contribution in [1.82, 2.24) is 0 Å². The highest BCUT2D eigenvalue weighted by atomic mass is 79.9. The Bertz CT molecular complexity index is 338. The summed E-state index contributed by atoms with van der Waals surface area (Å²) in [6.45, 7) is 2.80. The lowest BCUT2D eigenvalue weighted by Crippen LogP contribution is -2.21. The molecule has 0 bridgehead atoms. The molecule has 1 atom stereocenters. The maximum atomic E-state index is 6.02. The van der Waals surface area contributed by atoms with Gasteiger partial charge in [0, 0.05) is 22.5 Å². The van der Waals surface area contributed by atoms with E-state index in [-0.39, 0.29) is 6.04 Å². The maximum Gasteiger partial charge on any atom is 0.124 e. The van der Waals surface area contributed by atoms with Gasteiger partial charge in [0.25, 0.3) is 0 Å². The van der Waals surface area contributed by atoms with Gasteiger partial charge in [-0.25, -0.2) is 0 Å². The quantitative estimate of drug-likeness (QED) is 0.758. The third-order valence-electron chi connectivity index (χ3n) is 2.47. The SMILES string of the molecule is Cc1c(Br)ccc2c1[C@@H](N)CCO2. The number of ether oxygens (including phenoxy) is 1. The van der Waals surface area contributed by atoms with E-state index < -0.39 is 0 Å². The number of nitrogens with two attached hydrogens (primary N) is 1. The molecule has 2 N–H and O–H groups in total. The van der Waals surface area contributed by atoms with E-state index in [2.05, 4.69) is 22.9 Å². The van der Waals surface area contributed by atoms with Crippen LogP contribution in [-0.2, 0) is 0 Å². The van der Waals surface area contributed by atoms with Crippen molar-refractivity contribution in [2.24, 2.45) is 5.73 Å². The summed E-state index contributed by atoms with van der Waals surface area (Å²) >= 11 is 3.49. The first-order valence-electron chi connectivity index (χ1n) is 4.37. The molecule has 1 aromatic rings. The fraction of sp³-hybridized carbons (Fsp3) is 0.400. The van der Waals surface area contributed by atoms with Gasteiger partial charge in [0.05, 0.1) is 6.61 Å². The molecule has 0 unspecified atom stereocenters. The molecule has 1 aromatic carbocycles. The molecule has 0 aliphatic carbocycles. The fourth-order valence-corrected chi connectivity index (χ4v) is 2.05. The summed E-state index contributed by atoms with van der Waals surface area (Å²) in [6, 6.07) is 4.11. The molecule has 0 radical (unpaired) electrons. The normalized spacial score (nSPS) is 20.7. The van der Waals surface area contributed by atoms with E-state index in [4.69, 9.17) is 10.5 Å². The molecule has 70 valence electrons. The highest BCUT2D eigenvalue weighted by Crippen LogP contribution is 2.36. The second-order valence-corrected chi connectivity index (χ2v) is 4.18. The van der Waals surface area contributed by atoms with Crippen molar-refractivity contribution >= 4 is 15.9 Å². The van der Waals surface area contributed by atoms with E-state index >= 15 is 0 Å². The molecule has 0 saturated carbocycles. The van der Waals surface area contributed by atoms with Crippen LogP contribution >= 0.6 is 15.9 Å². The summed E-state index contributed by atoms with van der Waals surface area (Å²) in [5, 5.41) is 0. The first-order chi connectivity index (χ1) is 6.20. The molecule has 0 spiro atoms. The maximum absolute atomic E-state index is 6.02. The van der Waals surface area contributed by atoms with Crippen molar-refractivity contribution in [1.29, 1.82) is 0 Å². The lowest BCUT2D eigenvalue weighted by atomic mass is 9.97. The molecule has 2 nitrogen and oxygen atoms in total. The summed E-state index contributed by atoms with van der Waals surface area (Å²) in [5.74, 6) is 0.944. The van der Waals surface area contributed by atoms with Gasteiger partial charge in [0.2, 0.25) is 0 Å². The standard InChI is InChI=1S/C10H12BrNO/c1-6-7(11)2-3-9-10(6)8(12)4-5-13-9/h2-3,8H,4-5,12H2,1H3/t8-/m0/s1. The molecule has 1 aliphatic rings. The zero-order chi connectivity index (χ0) is 9.42. The topological polar surface area (TPSA) is 35.2 Å². The monoisotopic (exact) mass is 241 g/mol. The zero-order valence-electron chi connectivity index (χ0n) is 7.51. The van der Waals surface area contributed by atoms with Crippen LogP contribution in [0.4, 0.5) is 0 Å². The van der Waals surface area contributed by atoms with Gasteiger partial charge in [-0.2, -0.15) is 0 Å². The third-order valence-corrected chi connectivity index (χ3v) is 3.33. The van der Waals surface area contributed by atoms with Gasteiger partial charge < -0.3 is 10.5 Å². The third kappa shape index (κ3) is 1.46. The van der Waals surface area contributed by atoms with E-state index in [1.54, 1.807) is 0 Å². The Morgan fingerprint density at radius 2 is 2.31 bits per heavy atom. The summed E-state index contributed by atoms with van der Waals surface area (Å²) < 4.78 is 6.63. The van der Waals surface area contributed by atoms with Crippen LogP contribution in [0, 0.1) is 6.92 Å². The summed E-state index contributed by atoms with van der Waals surface area (Å²) in [4.78, 5) is 0. The average molecular weight is 242 g/mol. The Kier molecular flexibility index (Phi) is 2.30. The Labute approximate surface area is 86.2 Å². The van der Waals surface area contributed by atoms with Crippen LogP contribution in [0.5, 0.6) is 5.75 Å². The second kappa shape index (κ2) is 3.31. The van der Waals surface area contributed by atoms with Gasteiger partial charge in [-0.15, -0.1) is 0 Å². The molecular formula is C10H12BrNO. The van der Waals surface area contributed by atoms with Crippen molar-refractivity contribution in [3.8, 4) is 5.75 Å². The summed E-state index contributed by atoms with van der Waals surface area (Å²) in [5.41, 5.74) is 8.37. The van der Waals surface area contributed by atoms with Crippen LogP contribution < -0.4 is 10.5 Å². The predicted octanol–water partition coefficient (Wildman–Crippen LogP) is 2.54. The number of hydrogen-bond acceptors (Lipinski definition) is 2. The molecule has 3 heteroatoms. The van der Waals surface area contributed by atoms with Crippen LogP contribution in [0.3, 0.4) is 0 Å². The molecule has 13 heavy (non-hydrogen) atoms. The Hall–Kier alpha value is -0.540. The molecule has 2 rings (SSSR count). The minimum absolute atomic E-state index is 0.126. The molecule has 0 fully saturated rings. The van der Waals surface area contributed by atoms with Gasteiger partial charge in [-0.1, -0.05) is 15.9 Å². The van der Waals surface area contributed by atoms with Crippen molar-refractivity contribution in [3.05, 3.63) is 27.7 Å². The largest absolute Gasteiger partial charge is 0.493 e. The van der Waals surface area contributed by atoms with Crippen molar-refractivity contribution < 1.29 is 4.74 Å². The van der Waals surface area contributed by atoms with Crippen LogP contribution in [0.2, 0.25) is 0 Å². The lowest BCUT2D eigenvalue weighted by Gasteiger charge is -2.25. The van der Waals surface area contributed by atoms with Gasteiger partial charge in [-0.05, 0) is 24.6 Å². The van der Waals surface area contributed by atoms with E-state index in [1.807, 2.05) is 12.1 Å². The van der Waals surface area contributed by atoms with Gasteiger partial charge >= 0.3 is 0 Å². The smallest absolute Gasteiger partial charge is 0.124 e. The Balaban J connectivity index is 2.58. The minimum Gasteiger partial charge on any atom is -0.493 e. The molecular weight excluding hydrogens is 230 g/mol.